The van der Waals surface area contributed by atoms with Crippen molar-refractivity contribution in [2.75, 3.05) is 11.2 Å². The van der Waals surface area contributed by atoms with Crippen molar-refractivity contribution in [1.29, 1.82) is 0 Å². The summed E-state index contributed by atoms with van der Waals surface area (Å²) >= 11 is 1.61. The highest BCUT2D eigenvalue weighted by Crippen LogP contribution is 2.40. The molecule has 0 unspecified atom stereocenters. The summed E-state index contributed by atoms with van der Waals surface area (Å²) in [6.07, 6.45) is 5.49. The van der Waals surface area contributed by atoms with Gasteiger partial charge in [0.2, 0.25) is 11.8 Å². The minimum atomic E-state index is -0.163. The first-order valence-electron chi connectivity index (χ1n) is 6.79. The van der Waals surface area contributed by atoms with Crippen molar-refractivity contribution in [1.82, 2.24) is 0 Å². The number of rotatable bonds is 2. The Bertz CT molecular complexity index is 608. The van der Waals surface area contributed by atoms with Gasteiger partial charge in [0.15, 0.2) is 0 Å². The van der Waals surface area contributed by atoms with Gasteiger partial charge in [-0.25, -0.2) is 4.90 Å². The lowest BCUT2D eigenvalue weighted by molar-refractivity contribution is -0.122. The van der Waals surface area contributed by atoms with E-state index in [2.05, 4.69) is 6.08 Å². The molecule has 3 rings (SSSR count). The van der Waals surface area contributed by atoms with E-state index in [1.165, 1.54) is 10.5 Å². The monoisotopic (exact) mass is 287 g/mol. The number of nitrogens with zero attached hydrogens (tertiary/aromatic N) is 1. The minimum absolute atomic E-state index is 0.0364. The fraction of sp³-hybridized carbons (Fsp3) is 0.375. The molecule has 1 aliphatic carbocycles. The first-order valence-corrected chi connectivity index (χ1v) is 8.02. The molecule has 0 N–H and O–H groups in total. The first kappa shape index (κ1) is 13.4. The molecule has 0 radical (unpaired) electrons. The number of thioether (sulfide) groups is 1. The predicted octanol–water partition coefficient (Wildman–Crippen LogP) is 3.25. The van der Waals surface area contributed by atoms with Gasteiger partial charge in [0.25, 0.3) is 0 Å². The van der Waals surface area contributed by atoms with Crippen LogP contribution in [-0.2, 0) is 9.59 Å². The zero-order chi connectivity index (χ0) is 14.3. The van der Waals surface area contributed by atoms with Gasteiger partial charge in [-0.2, -0.15) is 0 Å². The SMILES string of the molecule is CSc1cccc(N2C(=O)[C@@H]3CC=C(C)C[C@H]3C2=O)c1. The van der Waals surface area contributed by atoms with Crippen LogP contribution in [0.3, 0.4) is 0 Å². The molecule has 0 bridgehead atoms. The minimum Gasteiger partial charge on any atom is -0.274 e. The maximum absolute atomic E-state index is 12.6. The average Bonchev–Trinajstić information content (AvgIpc) is 2.70. The molecule has 1 heterocycles. The van der Waals surface area contributed by atoms with Crippen LogP contribution in [0.1, 0.15) is 19.8 Å². The standard InChI is InChI=1S/C16H17NO2S/c1-10-6-7-13-14(8-10)16(19)17(15(13)18)11-4-3-5-12(9-11)20-2/h3-6,9,13-14H,7-8H2,1-2H3/t13-,14-/m1/s1. The Kier molecular flexibility index (Phi) is 3.42. The summed E-state index contributed by atoms with van der Waals surface area (Å²) in [5.74, 6) is -0.401. The smallest absolute Gasteiger partial charge is 0.238 e. The Morgan fingerprint density at radius 2 is 1.95 bits per heavy atom. The van der Waals surface area contributed by atoms with Crippen LogP contribution in [-0.4, -0.2) is 18.1 Å². The summed E-state index contributed by atoms with van der Waals surface area (Å²) in [5, 5.41) is 0. The number of amides is 2. The van der Waals surface area contributed by atoms with Crippen molar-refractivity contribution in [3.05, 3.63) is 35.9 Å². The third kappa shape index (κ3) is 2.08. The van der Waals surface area contributed by atoms with Gasteiger partial charge in [0, 0.05) is 4.90 Å². The molecule has 4 heteroatoms. The molecule has 1 aliphatic heterocycles. The van der Waals surface area contributed by atoms with E-state index in [9.17, 15) is 9.59 Å². The summed E-state index contributed by atoms with van der Waals surface area (Å²) in [6.45, 7) is 2.03. The molecular weight excluding hydrogens is 270 g/mol. The van der Waals surface area contributed by atoms with E-state index >= 15 is 0 Å². The summed E-state index contributed by atoms with van der Waals surface area (Å²) < 4.78 is 0. The van der Waals surface area contributed by atoms with Gasteiger partial charge < -0.3 is 0 Å². The molecule has 20 heavy (non-hydrogen) atoms. The van der Waals surface area contributed by atoms with Crippen molar-refractivity contribution >= 4 is 29.3 Å². The van der Waals surface area contributed by atoms with Crippen LogP contribution in [0.25, 0.3) is 0 Å². The van der Waals surface area contributed by atoms with E-state index in [1.807, 2.05) is 37.4 Å². The van der Waals surface area contributed by atoms with Crippen LogP contribution in [0.5, 0.6) is 0 Å². The number of anilines is 1. The summed E-state index contributed by atoms with van der Waals surface area (Å²) in [5.41, 5.74) is 1.92. The van der Waals surface area contributed by atoms with Crippen molar-refractivity contribution in [3.63, 3.8) is 0 Å². The van der Waals surface area contributed by atoms with Gasteiger partial charge in [0.05, 0.1) is 17.5 Å². The number of carbonyl (C=O) groups excluding carboxylic acids is 2. The lowest BCUT2D eigenvalue weighted by Gasteiger charge is -2.18. The van der Waals surface area contributed by atoms with E-state index in [0.29, 0.717) is 18.5 Å². The highest BCUT2D eigenvalue weighted by molar-refractivity contribution is 7.98. The molecule has 1 aromatic rings. The second kappa shape index (κ2) is 5.09. The molecule has 0 saturated carbocycles. The van der Waals surface area contributed by atoms with Crippen molar-refractivity contribution in [3.8, 4) is 0 Å². The fourth-order valence-corrected chi connectivity index (χ4v) is 3.49. The highest BCUT2D eigenvalue weighted by Gasteiger charge is 2.48. The maximum Gasteiger partial charge on any atom is 0.238 e. The molecule has 104 valence electrons. The molecule has 2 amide bonds. The number of hydrogen-bond acceptors (Lipinski definition) is 3. The number of allylic oxidation sites excluding steroid dienone is 2. The average molecular weight is 287 g/mol. The van der Waals surface area contributed by atoms with Crippen LogP contribution < -0.4 is 4.90 Å². The van der Waals surface area contributed by atoms with Crippen molar-refractivity contribution in [2.24, 2.45) is 11.8 Å². The van der Waals surface area contributed by atoms with Crippen LogP contribution >= 0.6 is 11.8 Å². The third-order valence-corrected chi connectivity index (χ3v) is 4.86. The van der Waals surface area contributed by atoms with Crippen LogP contribution in [0.4, 0.5) is 5.69 Å². The Morgan fingerprint density at radius 3 is 2.70 bits per heavy atom. The normalized spacial score (nSPS) is 25.7. The van der Waals surface area contributed by atoms with Gasteiger partial charge in [-0.15, -0.1) is 11.8 Å². The molecule has 2 atom stereocenters. The molecule has 3 nitrogen and oxygen atoms in total. The Balaban J connectivity index is 1.95. The Labute approximate surface area is 123 Å². The topological polar surface area (TPSA) is 37.4 Å². The molecule has 1 saturated heterocycles. The summed E-state index contributed by atoms with van der Waals surface area (Å²) in [6, 6.07) is 7.64. The maximum atomic E-state index is 12.6. The zero-order valence-electron chi connectivity index (χ0n) is 11.6. The summed E-state index contributed by atoms with van der Waals surface area (Å²) in [4.78, 5) is 27.5. The number of hydrogen-bond donors (Lipinski definition) is 0. The van der Waals surface area contributed by atoms with Gasteiger partial charge in [-0.05, 0) is 44.2 Å². The van der Waals surface area contributed by atoms with E-state index < -0.39 is 0 Å². The molecule has 0 aromatic heterocycles. The van der Waals surface area contributed by atoms with Crippen LogP contribution in [0.15, 0.2) is 40.8 Å². The van der Waals surface area contributed by atoms with Gasteiger partial charge in [0.1, 0.15) is 0 Å². The largest absolute Gasteiger partial charge is 0.274 e. The Hall–Kier alpha value is -1.55. The fourth-order valence-electron chi connectivity index (χ4n) is 3.04. The molecule has 2 aliphatic rings. The second-order valence-electron chi connectivity index (χ2n) is 5.42. The van der Waals surface area contributed by atoms with E-state index in [1.54, 1.807) is 11.8 Å². The number of fused-ring (bicyclic) bond motifs is 1. The van der Waals surface area contributed by atoms with Crippen molar-refractivity contribution < 1.29 is 9.59 Å². The second-order valence-corrected chi connectivity index (χ2v) is 6.30. The molecule has 1 aromatic carbocycles. The number of imide groups is 1. The third-order valence-electron chi connectivity index (χ3n) is 4.13. The highest BCUT2D eigenvalue weighted by atomic mass is 32.2. The van der Waals surface area contributed by atoms with E-state index in [0.717, 1.165) is 4.90 Å². The lowest BCUT2D eigenvalue weighted by Crippen LogP contribution is -2.30. The van der Waals surface area contributed by atoms with Crippen LogP contribution in [0.2, 0.25) is 0 Å². The first-order chi connectivity index (χ1) is 9.61. The summed E-state index contributed by atoms with van der Waals surface area (Å²) in [7, 11) is 0. The van der Waals surface area contributed by atoms with Crippen molar-refractivity contribution in [2.45, 2.75) is 24.7 Å². The Morgan fingerprint density at radius 1 is 1.20 bits per heavy atom. The quantitative estimate of drug-likeness (QED) is 0.476. The molecular formula is C16H17NO2S. The predicted molar refractivity (Wildman–Crippen MR) is 80.7 cm³/mol. The number of benzene rings is 1. The van der Waals surface area contributed by atoms with E-state index in [4.69, 9.17) is 0 Å². The zero-order valence-corrected chi connectivity index (χ0v) is 12.4. The van der Waals surface area contributed by atoms with Gasteiger partial charge in [-0.3, -0.25) is 9.59 Å². The van der Waals surface area contributed by atoms with E-state index in [-0.39, 0.29) is 23.7 Å². The van der Waals surface area contributed by atoms with Gasteiger partial charge >= 0.3 is 0 Å². The number of carbonyl (C=O) groups is 2. The molecule has 1 fully saturated rings. The molecule has 0 spiro atoms. The van der Waals surface area contributed by atoms with Crippen LogP contribution in [0, 0.1) is 11.8 Å². The lowest BCUT2D eigenvalue weighted by atomic mass is 9.82. The van der Waals surface area contributed by atoms with Gasteiger partial charge in [-0.1, -0.05) is 17.7 Å².